The first-order chi connectivity index (χ1) is 15.7. The van der Waals surface area contributed by atoms with Crippen LogP contribution in [0.5, 0.6) is 0 Å². The van der Waals surface area contributed by atoms with Gasteiger partial charge in [-0.25, -0.2) is 9.13 Å². The Kier molecular flexibility index (Phi) is 8.48. The van der Waals surface area contributed by atoms with Crippen molar-refractivity contribution in [1.29, 1.82) is 0 Å². The molecule has 3 heterocycles. The van der Waals surface area contributed by atoms with Crippen LogP contribution in [-0.2, 0) is 32.0 Å². The second-order valence-corrected chi connectivity index (χ2v) is 10.9. The first-order valence-corrected chi connectivity index (χ1v) is 13.0. The molecule has 0 spiro atoms. The molecule has 2 aliphatic rings. The smallest absolute Gasteiger partial charge is 0.390 e. The first-order valence-electron chi connectivity index (χ1n) is 10.0. The summed E-state index contributed by atoms with van der Waals surface area (Å²) in [5.74, 6) is 0. The van der Waals surface area contributed by atoms with E-state index in [1.165, 1.54) is 24.0 Å². The van der Waals surface area contributed by atoms with E-state index in [9.17, 15) is 39.0 Å². The highest BCUT2D eigenvalue weighted by Gasteiger charge is 2.47. The number of aliphatic hydroxyl groups is 3. The minimum atomic E-state index is -5.34. The van der Waals surface area contributed by atoms with E-state index in [0.29, 0.717) is 5.56 Å². The van der Waals surface area contributed by atoms with Gasteiger partial charge < -0.3 is 44.9 Å². The third kappa shape index (κ3) is 6.56. The number of hydrogen-bond acceptors (Lipinski definition) is 13. The minimum Gasteiger partial charge on any atom is -0.390 e. The molecule has 18 heteroatoms. The summed E-state index contributed by atoms with van der Waals surface area (Å²) in [6.07, 6.45) is -6.20. The maximum atomic E-state index is 12.2. The molecule has 16 nitrogen and oxygen atoms in total. The van der Waals surface area contributed by atoms with Crippen LogP contribution in [0.2, 0.25) is 0 Å². The summed E-state index contributed by atoms with van der Waals surface area (Å²) in [6, 6.07) is -1.29. The van der Waals surface area contributed by atoms with Crippen LogP contribution in [0, 0.1) is 6.92 Å². The number of aryl methyl sites for hydroxylation is 1. The van der Waals surface area contributed by atoms with E-state index in [2.05, 4.69) is 18.3 Å². The van der Waals surface area contributed by atoms with Crippen LogP contribution < -0.4 is 11.3 Å². The van der Waals surface area contributed by atoms with Crippen molar-refractivity contribution in [1.82, 2.24) is 9.55 Å². The van der Waals surface area contributed by atoms with Crippen LogP contribution in [-0.4, -0.2) is 84.1 Å². The number of nitrogens with two attached hydrogens (primary N) is 1. The molecule has 2 aliphatic heterocycles. The van der Waals surface area contributed by atoms with Gasteiger partial charge in [-0.2, -0.15) is 9.29 Å². The highest BCUT2D eigenvalue weighted by atomic mass is 31.3. The third-order valence-corrected chi connectivity index (χ3v) is 7.87. The van der Waals surface area contributed by atoms with E-state index < -0.39 is 76.9 Å². The molecular formula is C16H27N3O13P2. The average Bonchev–Trinajstić information content (AvgIpc) is 3.10. The molecule has 0 amide bonds. The molecule has 194 valence electrons. The minimum absolute atomic E-state index is 0.0391. The number of phosphoric ester groups is 2. The highest BCUT2D eigenvalue weighted by Crippen LogP contribution is 2.61. The molecule has 7 N–H and O–H groups in total. The van der Waals surface area contributed by atoms with Crippen LogP contribution in [0.15, 0.2) is 17.3 Å². The number of rotatable bonds is 8. The van der Waals surface area contributed by atoms with Crippen molar-refractivity contribution >= 4 is 15.6 Å². The van der Waals surface area contributed by atoms with Gasteiger partial charge in [0, 0.05) is 18.2 Å². The van der Waals surface area contributed by atoms with E-state index in [1.807, 2.05) is 0 Å². The number of hydrogen-bond donors (Lipinski definition) is 6. The summed E-state index contributed by atoms with van der Waals surface area (Å²) < 4.78 is 49.9. The Hall–Kier alpha value is -1.10. The Balaban J connectivity index is 1.56. The van der Waals surface area contributed by atoms with Gasteiger partial charge in [0.25, 0.3) is 5.56 Å². The zero-order valence-electron chi connectivity index (χ0n) is 18.1. The number of aliphatic hydroxyl groups excluding tert-OH is 3. The number of phosphoric acid groups is 2. The highest BCUT2D eigenvalue weighted by molar-refractivity contribution is 7.61. The fraction of sp³-hybridized carbons (Fsp3) is 0.750. The van der Waals surface area contributed by atoms with E-state index >= 15 is 0 Å². The molecule has 0 saturated carbocycles. The maximum absolute atomic E-state index is 12.2. The summed E-state index contributed by atoms with van der Waals surface area (Å²) in [4.78, 5) is 34.7. The Morgan fingerprint density at radius 3 is 2.53 bits per heavy atom. The summed E-state index contributed by atoms with van der Waals surface area (Å²) >= 11 is 0. The predicted octanol–water partition coefficient (Wildman–Crippen LogP) is -1.76. The summed E-state index contributed by atoms with van der Waals surface area (Å²) in [6.45, 7) is 2.19. The van der Waals surface area contributed by atoms with Gasteiger partial charge in [0.2, 0.25) is 0 Å². The lowest BCUT2D eigenvalue weighted by atomic mass is 9.98. The second-order valence-electron chi connectivity index (χ2n) is 7.93. The van der Waals surface area contributed by atoms with Crippen LogP contribution in [0.4, 0.5) is 0 Å². The second kappa shape index (κ2) is 10.5. The monoisotopic (exact) mass is 531 g/mol. The van der Waals surface area contributed by atoms with Crippen LogP contribution in [0.1, 0.15) is 25.1 Å². The lowest BCUT2D eigenvalue weighted by Crippen LogP contribution is -2.60. The molecule has 3 rings (SSSR count). The number of nitrogens with zero attached hydrogens (tertiary/aromatic N) is 2. The molecule has 2 saturated heterocycles. The summed E-state index contributed by atoms with van der Waals surface area (Å²) in [5, 5.41) is 29.9. The zero-order valence-corrected chi connectivity index (χ0v) is 19.8. The Labute approximate surface area is 193 Å². The third-order valence-electron chi connectivity index (χ3n) is 5.27. The van der Waals surface area contributed by atoms with Crippen molar-refractivity contribution in [3.05, 3.63) is 28.4 Å². The van der Waals surface area contributed by atoms with Crippen molar-refractivity contribution in [3.8, 4) is 0 Å². The molecule has 1 aromatic rings. The Morgan fingerprint density at radius 1 is 1.21 bits per heavy atom. The van der Waals surface area contributed by atoms with Crippen molar-refractivity contribution in [2.24, 2.45) is 5.73 Å². The Bertz CT molecular complexity index is 1020. The largest absolute Gasteiger partial charge is 0.483 e. The standard InChI is InChI=1S/C16H27N3O13P2/c1-7-4-19(6-18-15(7)23)11-3-9(20)10(30-11)5-28-33(24,25)32-34(26,27)31-16-14(22)12(17)13(21)8(2)29-16/h4,6,8-14,16,20-22H,3,5,17H2,1-2H3,(H,24,25)(H,26,27)/t8-,9+,10-,11-,12+,13+,14-,16-/m1/s1. The lowest BCUT2D eigenvalue weighted by molar-refractivity contribution is -0.240. The number of aromatic nitrogens is 2. The molecule has 0 aliphatic carbocycles. The van der Waals surface area contributed by atoms with Gasteiger partial charge in [-0.1, -0.05) is 0 Å². The number of ether oxygens (including phenoxy) is 2. The molecule has 34 heavy (non-hydrogen) atoms. The van der Waals surface area contributed by atoms with Crippen molar-refractivity contribution in [2.45, 2.75) is 69.3 Å². The predicted molar refractivity (Wildman–Crippen MR) is 110 cm³/mol. The van der Waals surface area contributed by atoms with E-state index in [4.69, 9.17) is 15.2 Å². The van der Waals surface area contributed by atoms with Gasteiger partial charge in [-0.3, -0.25) is 13.8 Å². The quantitative estimate of drug-likeness (QED) is 0.204. The van der Waals surface area contributed by atoms with Crippen molar-refractivity contribution in [3.63, 3.8) is 0 Å². The maximum Gasteiger partial charge on any atom is 0.483 e. The van der Waals surface area contributed by atoms with Crippen LogP contribution in [0.3, 0.4) is 0 Å². The fourth-order valence-electron chi connectivity index (χ4n) is 3.37. The fourth-order valence-corrected chi connectivity index (χ4v) is 5.53. The molecule has 2 fully saturated rings. The van der Waals surface area contributed by atoms with Gasteiger partial charge in [0.1, 0.15) is 24.8 Å². The van der Waals surface area contributed by atoms with Crippen LogP contribution >= 0.6 is 15.6 Å². The topological polar surface area (TPSA) is 242 Å². The van der Waals surface area contributed by atoms with Gasteiger partial charge >= 0.3 is 15.6 Å². The molecule has 0 aromatic carbocycles. The van der Waals surface area contributed by atoms with E-state index in [-0.39, 0.29) is 6.42 Å². The van der Waals surface area contributed by atoms with Gasteiger partial charge in [-0.15, -0.1) is 0 Å². The van der Waals surface area contributed by atoms with Gasteiger partial charge in [0.15, 0.2) is 6.29 Å². The van der Waals surface area contributed by atoms with Gasteiger partial charge in [0.05, 0.1) is 31.0 Å². The summed E-state index contributed by atoms with van der Waals surface area (Å²) in [7, 11) is -10.6. The molecule has 2 unspecified atom stereocenters. The Morgan fingerprint density at radius 2 is 1.88 bits per heavy atom. The van der Waals surface area contributed by atoms with Crippen molar-refractivity contribution in [2.75, 3.05) is 6.61 Å². The molecular weight excluding hydrogens is 504 g/mol. The lowest BCUT2D eigenvalue weighted by Gasteiger charge is -2.39. The summed E-state index contributed by atoms with van der Waals surface area (Å²) in [5.41, 5.74) is 5.50. The van der Waals surface area contributed by atoms with E-state index in [1.54, 1.807) is 6.92 Å². The molecule has 0 radical (unpaired) electrons. The SMILES string of the molecule is Cc1cn([C@H]2C[C@H](O)[C@@H](COP(=O)(O)OP(=O)(O)O[C@H]3O[C@H](C)[C@H](O)[C@H](N)[C@H]3O)O2)cnc1=O. The zero-order chi connectivity index (χ0) is 25.4. The molecule has 1 aromatic heterocycles. The molecule has 0 bridgehead atoms. The van der Waals surface area contributed by atoms with Gasteiger partial charge in [-0.05, 0) is 13.8 Å². The van der Waals surface area contributed by atoms with Crippen LogP contribution in [0.25, 0.3) is 0 Å². The first kappa shape index (κ1) is 27.5. The van der Waals surface area contributed by atoms with E-state index in [0.717, 1.165) is 0 Å². The van der Waals surface area contributed by atoms with Crippen molar-refractivity contribution < 1.29 is 57.1 Å². The normalized spacial score (nSPS) is 37.8. The molecule has 10 atom stereocenters. The average molecular weight is 531 g/mol.